The van der Waals surface area contributed by atoms with Crippen molar-refractivity contribution in [2.75, 3.05) is 13.7 Å². The molecule has 1 N–H and O–H groups in total. The Morgan fingerprint density at radius 2 is 1.64 bits per heavy atom. The van der Waals surface area contributed by atoms with Gasteiger partial charge in [0, 0.05) is 32.2 Å². The molecule has 1 saturated heterocycles. The quantitative estimate of drug-likeness (QED) is 0.551. The summed E-state index contributed by atoms with van der Waals surface area (Å²) in [6, 6.07) is 1.52. The van der Waals surface area contributed by atoms with E-state index in [0.717, 1.165) is 0 Å². The predicted octanol–water partition coefficient (Wildman–Crippen LogP) is 0.976. The monoisotopic (exact) mass is 397 g/mol. The number of aromatic nitrogens is 1. The van der Waals surface area contributed by atoms with E-state index in [1.807, 2.05) is 0 Å². The Bertz CT molecular complexity index is 769. The Hall–Kier alpha value is -2.88. The van der Waals surface area contributed by atoms with E-state index in [1.54, 1.807) is 6.92 Å². The summed E-state index contributed by atoms with van der Waals surface area (Å²) in [7, 11) is 1.26. The van der Waals surface area contributed by atoms with Crippen LogP contribution in [0.1, 0.15) is 48.6 Å². The van der Waals surface area contributed by atoms with Crippen LogP contribution in [-0.2, 0) is 38.1 Å². The van der Waals surface area contributed by atoms with Crippen LogP contribution in [0, 0.1) is 6.92 Å². The van der Waals surface area contributed by atoms with Crippen molar-refractivity contribution in [3.8, 4) is 0 Å². The molecule has 154 valence electrons. The molecule has 0 amide bonds. The first-order chi connectivity index (χ1) is 13.1. The molecule has 0 aromatic carbocycles. The van der Waals surface area contributed by atoms with Crippen molar-refractivity contribution in [3.63, 3.8) is 0 Å². The second kappa shape index (κ2) is 8.87. The summed E-state index contributed by atoms with van der Waals surface area (Å²) in [6.45, 7) is 5.11. The highest BCUT2D eigenvalue weighted by atomic mass is 16.6. The second-order valence-electron chi connectivity index (χ2n) is 6.30. The number of carbonyl (C=O) groups excluding carboxylic acids is 4. The second-order valence-corrected chi connectivity index (χ2v) is 6.30. The Labute approximate surface area is 161 Å². The zero-order valence-electron chi connectivity index (χ0n) is 16.3. The van der Waals surface area contributed by atoms with Gasteiger partial charge in [-0.05, 0) is 13.0 Å². The number of H-pyrrole nitrogens is 1. The van der Waals surface area contributed by atoms with Crippen molar-refractivity contribution in [2.45, 2.75) is 52.1 Å². The smallest absolute Gasteiger partial charge is 0.339 e. The van der Waals surface area contributed by atoms with Crippen LogP contribution in [0.15, 0.2) is 6.07 Å². The Morgan fingerprint density at radius 1 is 1.04 bits per heavy atom. The summed E-state index contributed by atoms with van der Waals surface area (Å²) in [5.41, 5.74) is 1.24. The Balaban J connectivity index is 2.39. The van der Waals surface area contributed by atoms with E-state index in [1.165, 1.54) is 33.9 Å². The molecule has 0 aliphatic carbocycles. The minimum absolute atomic E-state index is 0.203. The number of carbonyl (C=O) groups is 4. The van der Waals surface area contributed by atoms with Gasteiger partial charge in [0.25, 0.3) is 0 Å². The maximum atomic E-state index is 11.9. The van der Waals surface area contributed by atoms with E-state index in [-0.39, 0.29) is 12.2 Å². The van der Waals surface area contributed by atoms with Crippen molar-refractivity contribution in [3.05, 3.63) is 23.0 Å². The molecule has 1 fully saturated rings. The molecule has 1 aromatic rings. The van der Waals surface area contributed by atoms with Gasteiger partial charge in [-0.1, -0.05) is 0 Å². The number of hydrogen-bond acceptors (Lipinski definition) is 9. The van der Waals surface area contributed by atoms with Crippen molar-refractivity contribution in [1.82, 2.24) is 4.98 Å². The average molecular weight is 397 g/mol. The first-order valence-electron chi connectivity index (χ1n) is 8.55. The number of methoxy groups -OCH3 is 1. The number of rotatable bonds is 6. The third-order valence-corrected chi connectivity index (χ3v) is 4.11. The normalized spacial score (nSPS) is 23.8. The topological polar surface area (TPSA) is 130 Å². The van der Waals surface area contributed by atoms with Crippen molar-refractivity contribution < 1.29 is 42.9 Å². The molecule has 4 atom stereocenters. The first-order valence-corrected chi connectivity index (χ1v) is 8.55. The standard InChI is InChI=1S/C18H23NO9/c1-8-12(18(23)24-5)6-13(19-8)15-17(27-11(4)22)16(26-10(3)21)14(28-15)7-25-9(2)20/h6,14-17,19H,7H2,1-5H3. The summed E-state index contributed by atoms with van der Waals surface area (Å²) in [5, 5.41) is 0. The molecule has 10 heteroatoms. The van der Waals surface area contributed by atoms with Gasteiger partial charge >= 0.3 is 23.9 Å². The molecular formula is C18H23NO9. The maximum Gasteiger partial charge on any atom is 0.339 e. The largest absolute Gasteiger partial charge is 0.465 e. The fraction of sp³-hybridized carbons (Fsp3) is 0.556. The number of nitrogens with one attached hydrogen (secondary N) is 1. The lowest BCUT2D eigenvalue weighted by Gasteiger charge is -2.23. The molecule has 2 heterocycles. The fourth-order valence-electron chi connectivity index (χ4n) is 3.02. The molecule has 1 aromatic heterocycles. The van der Waals surface area contributed by atoms with Gasteiger partial charge in [0.15, 0.2) is 12.2 Å². The molecule has 28 heavy (non-hydrogen) atoms. The first kappa shape index (κ1) is 21.4. The number of hydrogen-bond donors (Lipinski definition) is 1. The van der Waals surface area contributed by atoms with Crippen molar-refractivity contribution >= 4 is 23.9 Å². The summed E-state index contributed by atoms with van der Waals surface area (Å²) < 4.78 is 26.2. The van der Waals surface area contributed by atoms with Gasteiger partial charge in [-0.2, -0.15) is 0 Å². The molecule has 0 radical (unpaired) electrons. The van der Waals surface area contributed by atoms with Crippen LogP contribution in [-0.4, -0.2) is 60.9 Å². The fourth-order valence-corrected chi connectivity index (χ4v) is 3.02. The van der Waals surface area contributed by atoms with Gasteiger partial charge < -0.3 is 28.7 Å². The lowest BCUT2D eigenvalue weighted by molar-refractivity contribution is -0.165. The summed E-state index contributed by atoms with van der Waals surface area (Å²) in [4.78, 5) is 49.2. The summed E-state index contributed by atoms with van der Waals surface area (Å²) in [6.07, 6.45) is -3.76. The minimum atomic E-state index is -1.01. The molecule has 0 bridgehead atoms. The van der Waals surface area contributed by atoms with Crippen molar-refractivity contribution in [1.29, 1.82) is 0 Å². The third-order valence-electron chi connectivity index (χ3n) is 4.11. The third kappa shape index (κ3) is 4.89. The zero-order valence-corrected chi connectivity index (χ0v) is 16.3. The highest BCUT2D eigenvalue weighted by Gasteiger charge is 2.50. The Morgan fingerprint density at radius 3 is 2.18 bits per heavy atom. The van der Waals surface area contributed by atoms with Crippen LogP contribution < -0.4 is 0 Å². The molecule has 4 unspecified atom stereocenters. The van der Waals surface area contributed by atoms with E-state index in [2.05, 4.69) is 4.98 Å². The Kier molecular flexibility index (Phi) is 6.79. The molecule has 0 spiro atoms. The van der Waals surface area contributed by atoms with E-state index >= 15 is 0 Å². The number of esters is 4. The van der Waals surface area contributed by atoms with E-state index in [4.69, 9.17) is 23.7 Å². The van der Waals surface area contributed by atoms with Crippen LogP contribution in [0.5, 0.6) is 0 Å². The molecule has 1 aliphatic rings. The number of aromatic amines is 1. The van der Waals surface area contributed by atoms with Crippen LogP contribution in [0.25, 0.3) is 0 Å². The van der Waals surface area contributed by atoms with Gasteiger partial charge in [-0.3, -0.25) is 14.4 Å². The number of ether oxygens (including phenoxy) is 5. The maximum absolute atomic E-state index is 11.9. The summed E-state index contributed by atoms with van der Waals surface area (Å²) >= 11 is 0. The predicted molar refractivity (Wildman–Crippen MR) is 92.2 cm³/mol. The highest BCUT2D eigenvalue weighted by molar-refractivity contribution is 5.90. The lowest BCUT2D eigenvalue weighted by Crippen LogP contribution is -2.40. The zero-order chi connectivity index (χ0) is 21.0. The van der Waals surface area contributed by atoms with Crippen LogP contribution in [0.3, 0.4) is 0 Å². The van der Waals surface area contributed by atoms with Gasteiger partial charge in [-0.25, -0.2) is 4.79 Å². The average Bonchev–Trinajstić information content (AvgIpc) is 3.13. The summed E-state index contributed by atoms with van der Waals surface area (Å²) in [5.74, 6) is -2.31. The van der Waals surface area contributed by atoms with E-state index in [9.17, 15) is 19.2 Å². The molecule has 2 rings (SSSR count). The molecule has 1 aliphatic heterocycles. The molecule has 0 saturated carbocycles. The molecule has 10 nitrogen and oxygen atoms in total. The van der Waals surface area contributed by atoms with Gasteiger partial charge in [0.1, 0.15) is 18.8 Å². The van der Waals surface area contributed by atoms with Gasteiger partial charge in [0.2, 0.25) is 0 Å². The highest BCUT2D eigenvalue weighted by Crippen LogP contribution is 2.38. The molecular weight excluding hydrogens is 374 g/mol. The van der Waals surface area contributed by atoms with Crippen molar-refractivity contribution in [2.24, 2.45) is 0 Å². The minimum Gasteiger partial charge on any atom is -0.465 e. The van der Waals surface area contributed by atoms with Gasteiger partial charge in [0.05, 0.1) is 12.7 Å². The van der Waals surface area contributed by atoms with Crippen LogP contribution in [0.4, 0.5) is 0 Å². The van der Waals surface area contributed by atoms with E-state index < -0.39 is 48.3 Å². The SMILES string of the molecule is COC(=O)c1cc(C2OC(COC(C)=O)C(OC(C)=O)C2OC(C)=O)[nH]c1C. The lowest BCUT2D eigenvalue weighted by atomic mass is 10.0. The number of aryl methyl sites for hydroxylation is 1. The van der Waals surface area contributed by atoms with Crippen LogP contribution in [0.2, 0.25) is 0 Å². The van der Waals surface area contributed by atoms with Gasteiger partial charge in [-0.15, -0.1) is 0 Å². The van der Waals surface area contributed by atoms with E-state index in [0.29, 0.717) is 11.4 Å². The van der Waals surface area contributed by atoms with Crippen LogP contribution >= 0.6 is 0 Å².